The first-order chi connectivity index (χ1) is 22.7. The number of carbonyl (C=O) groups excluding carboxylic acids is 3. The lowest BCUT2D eigenvalue weighted by Crippen LogP contribution is -2.58. The number of halogens is 1. The first-order valence-corrected chi connectivity index (χ1v) is 15.6. The number of phenolic OH excluding ortho intramolecular Hbond substituents is 1. The second kappa shape index (κ2) is 15.7. The fourth-order valence-electron chi connectivity index (χ4n) is 5.79. The van der Waals surface area contributed by atoms with Crippen LogP contribution < -0.4 is 14.8 Å². The van der Waals surface area contributed by atoms with E-state index in [0.29, 0.717) is 56.2 Å². The fraction of sp³-hybridized carbons (Fsp3) is 0.400. The van der Waals surface area contributed by atoms with E-state index < -0.39 is 29.6 Å². The number of likely N-dealkylation sites (tertiary alicyclic amines) is 1. The number of rotatable bonds is 6. The molecule has 0 unspecified atom stereocenters. The van der Waals surface area contributed by atoms with Gasteiger partial charge in [-0.2, -0.15) is 0 Å². The SMILES string of the molecule is COCCCN1CC(=O)N[C@H]2CN(C(=O)c3ccc(F)c(O)c3)CC[C@H]2OCc2cccc(c2)Oc2ccc(cc2OC)CCC1=O. The van der Waals surface area contributed by atoms with Gasteiger partial charge in [0.15, 0.2) is 23.1 Å². The van der Waals surface area contributed by atoms with E-state index in [1.165, 1.54) is 11.0 Å². The molecule has 1 fully saturated rings. The summed E-state index contributed by atoms with van der Waals surface area (Å²) in [5, 5.41) is 12.8. The minimum Gasteiger partial charge on any atom is -0.505 e. The average Bonchev–Trinajstić information content (AvgIpc) is 3.07. The van der Waals surface area contributed by atoms with Crippen molar-refractivity contribution in [3.63, 3.8) is 0 Å². The third-order valence-corrected chi connectivity index (χ3v) is 8.29. The molecule has 0 spiro atoms. The van der Waals surface area contributed by atoms with Crippen LogP contribution in [0.3, 0.4) is 0 Å². The zero-order valence-corrected chi connectivity index (χ0v) is 26.6. The van der Waals surface area contributed by atoms with Crippen LogP contribution in [-0.4, -0.2) is 91.8 Å². The molecular weight excluding hydrogens is 609 g/mol. The van der Waals surface area contributed by atoms with E-state index in [2.05, 4.69) is 5.32 Å². The second-order valence-corrected chi connectivity index (χ2v) is 11.6. The summed E-state index contributed by atoms with van der Waals surface area (Å²) in [7, 11) is 3.14. The quantitative estimate of drug-likeness (QED) is 0.383. The fourth-order valence-corrected chi connectivity index (χ4v) is 5.79. The van der Waals surface area contributed by atoms with Crippen molar-refractivity contribution < 1.29 is 42.8 Å². The molecule has 1 saturated heterocycles. The van der Waals surface area contributed by atoms with Crippen molar-refractivity contribution in [1.29, 1.82) is 0 Å². The van der Waals surface area contributed by atoms with Crippen LogP contribution in [0.5, 0.6) is 23.0 Å². The van der Waals surface area contributed by atoms with Crippen LogP contribution in [0.1, 0.15) is 40.7 Å². The van der Waals surface area contributed by atoms with Crippen molar-refractivity contribution in [2.75, 3.05) is 47.0 Å². The molecule has 2 atom stereocenters. The maximum atomic E-state index is 13.7. The zero-order valence-electron chi connectivity index (χ0n) is 26.6. The molecule has 47 heavy (non-hydrogen) atoms. The number of amides is 3. The number of ether oxygens (including phenoxy) is 4. The van der Waals surface area contributed by atoms with E-state index in [0.717, 1.165) is 23.3 Å². The van der Waals surface area contributed by atoms with Crippen molar-refractivity contribution in [1.82, 2.24) is 15.1 Å². The number of piperidine rings is 1. The van der Waals surface area contributed by atoms with E-state index in [1.54, 1.807) is 19.1 Å². The lowest BCUT2D eigenvalue weighted by atomic mass is 10.00. The van der Waals surface area contributed by atoms with Crippen molar-refractivity contribution in [3.8, 4) is 23.0 Å². The Morgan fingerprint density at radius 2 is 1.91 bits per heavy atom. The average molecular weight is 650 g/mol. The summed E-state index contributed by atoms with van der Waals surface area (Å²) in [5.41, 5.74) is 1.85. The highest BCUT2D eigenvalue weighted by atomic mass is 19.1. The number of hydrogen-bond acceptors (Lipinski definition) is 8. The lowest BCUT2D eigenvalue weighted by Gasteiger charge is -2.39. The molecule has 12 heteroatoms. The Bertz CT molecular complexity index is 1580. The van der Waals surface area contributed by atoms with Crippen molar-refractivity contribution >= 4 is 17.7 Å². The highest BCUT2D eigenvalue weighted by Crippen LogP contribution is 2.33. The maximum Gasteiger partial charge on any atom is 0.254 e. The monoisotopic (exact) mass is 649 g/mol. The molecule has 0 saturated carbocycles. The molecule has 3 heterocycles. The van der Waals surface area contributed by atoms with Gasteiger partial charge in [0.25, 0.3) is 5.91 Å². The molecule has 11 nitrogen and oxygen atoms in total. The predicted octanol–water partition coefficient (Wildman–Crippen LogP) is 4.06. The number of aryl methyl sites for hydroxylation is 1. The smallest absolute Gasteiger partial charge is 0.254 e. The minimum atomic E-state index is -0.823. The number of nitrogens with zero attached hydrogens (tertiary/aromatic N) is 2. The molecular formula is C35H40FN3O8. The van der Waals surface area contributed by atoms with Gasteiger partial charge in [0.1, 0.15) is 5.75 Å². The van der Waals surface area contributed by atoms with Gasteiger partial charge in [-0.05, 0) is 72.9 Å². The third kappa shape index (κ3) is 8.78. The van der Waals surface area contributed by atoms with Crippen LogP contribution in [0.2, 0.25) is 0 Å². The Kier molecular flexibility index (Phi) is 11.3. The highest BCUT2D eigenvalue weighted by Gasteiger charge is 2.34. The van der Waals surface area contributed by atoms with Crippen LogP contribution >= 0.6 is 0 Å². The predicted molar refractivity (Wildman–Crippen MR) is 170 cm³/mol. The zero-order chi connectivity index (χ0) is 33.3. The summed E-state index contributed by atoms with van der Waals surface area (Å²) in [4.78, 5) is 43.3. The standard InChI is InChI=1S/C35H40FN3O8/c1-44-16-4-14-38-21-33(41)37-28-20-39(35(43)25-9-10-27(36)29(40)19-25)15-13-30(28)46-22-24-5-3-6-26(17-24)47-31-11-7-23(8-12-34(38)42)18-32(31)45-2/h3,5-7,9-11,17-19,28,30,40H,4,8,12-16,20-22H2,1-2H3,(H,37,41)/t28-,30+/m0/s1. The van der Waals surface area contributed by atoms with Crippen molar-refractivity contribution in [2.45, 2.75) is 44.4 Å². The first-order valence-electron chi connectivity index (χ1n) is 15.6. The summed E-state index contributed by atoms with van der Waals surface area (Å²) in [5.74, 6) is -0.774. The highest BCUT2D eigenvalue weighted by molar-refractivity contribution is 5.94. The Hall–Kier alpha value is -4.68. The molecule has 3 aromatic carbocycles. The van der Waals surface area contributed by atoms with Crippen LogP contribution in [0.15, 0.2) is 60.7 Å². The number of methoxy groups -OCH3 is 2. The molecule has 0 radical (unpaired) electrons. The number of aromatic hydroxyl groups is 1. The minimum absolute atomic E-state index is 0.113. The number of hydrogen-bond donors (Lipinski definition) is 2. The summed E-state index contributed by atoms with van der Waals surface area (Å²) >= 11 is 0. The summed E-state index contributed by atoms with van der Waals surface area (Å²) < 4.78 is 36.9. The van der Waals surface area contributed by atoms with Gasteiger partial charge >= 0.3 is 0 Å². The summed E-state index contributed by atoms with van der Waals surface area (Å²) in [6, 6.07) is 15.8. The van der Waals surface area contributed by atoms with Gasteiger partial charge < -0.3 is 39.2 Å². The molecule has 3 aromatic rings. The number of carbonyl (C=O) groups is 3. The van der Waals surface area contributed by atoms with Gasteiger partial charge in [-0.1, -0.05) is 18.2 Å². The molecule has 3 amide bonds. The van der Waals surface area contributed by atoms with E-state index in [1.807, 2.05) is 42.5 Å². The van der Waals surface area contributed by atoms with Crippen LogP contribution in [0.4, 0.5) is 4.39 Å². The Morgan fingerprint density at radius 1 is 1.06 bits per heavy atom. The number of phenols is 1. The van der Waals surface area contributed by atoms with Gasteiger partial charge in [-0.3, -0.25) is 14.4 Å². The number of benzene rings is 3. The molecule has 4 bridgehead atoms. The molecule has 3 aliphatic heterocycles. The van der Waals surface area contributed by atoms with Crippen LogP contribution in [-0.2, 0) is 32.1 Å². The largest absolute Gasteiger partial charge is 0.505 e. The Morgan fingerprint density at radius 3 is 2.70 bits per heavy atom. The van der Waals surface area contributed by atoms with Gasteiger partial charge in [-0.15, -0.1) is 0 Å². The van der Waals surface area contributed by atoms with Crippen LogP contribution in [0.25, 0.3) is 0 Å². The summed E-state index contributed by atoms with van der Waals surface area (Å²) in [6.45, 7) is 1.22. The summed E-state index contributed by atoms with van der Waals surface area (Å²) in [6.07, 6.45) is 1.10. The molecule has 6 rings (SSSR count). The molecule has 3 aliphatic rings. The second-order valence-electron chi connectivity index (χ2n) is 11.6. The van der Waals surface area contributed by atoms with Gasteiger partial charge in [0, 0.05) is 45.3 Å². The van der Waals surface area contributed by atoms with E-state index in [4.69, 9.17) is 18.9 Å². The Labute approximate surface area is 273 Å². The van der Waals surface area contributed by atoms with E-state index >= 15 is 0 Å². The third-order valence-electron chi connectivity index (χ3n) is 8.29. The van der Waals surface area contributed by atoms with Crippen LogP contribution in [0, 0.1) is 5.82 Å². The normalized spacial score (nSPS) is 19.1. The van der Waals surface area contributed by atoms with Crippen molar-refractivity contribution in [3.05, 3.63) is 83.2 Å². The molecule has 0 aliphatic carbocycles. The number of nitrogens with one attached hydrogen (secondary N) is 1. The molecule has 0 aromatic heterocycles. The Balaban J connectivity index is 1.41. The van der Waals surface area contributed by atoms with E-state index in [-0.39, 0.29) is 43.5 Å². The van der Waals surface area contributed by atoms with Crippen molar-refractivity contribution in [2.24, 2.45) is 0 Å². The molecule has 250 valence electrons. The molecule has 2 N–H and O–H groups in total. The van der Waals surface area contributed by atoms with Gasteiger partial charge in [0.05, 0.1) is 32.4 Å². The van der Waals surface area contributed by atoms with Gasteiger partial charge in [0.2, 0.25) is 11.8 Å². The van der Waals surface area contributed by atoms with Gasteiger partial charge in [-0.25, -0.2) is 4.39 Å². The lowest BCUT2D eigenvalue weighted by molar-refractivity contribution is -0.137. The number of fused-ring (bicyclic) bond motifs is 9. The maximum absolute atomic E-state index is 13.7. The van der Waals surface area contributed by atoms with E-state index in [9.17, 15) is 23.9 Å². The first kappa shape index (κ1) is 33.7. The topological polar surface area (TPSA) is 127 Å².